The molecule has 22 heavy (non-hydrogen) atoms. The molecule has 0 saturated carbocycles. The van der Waals surface area contributed by atoms with Crippen molar-refractivity contribution in [3.63, 3.8) is 0 Å². The van der Waals surface area contributed by atoms with E-state index in [0.29, 0.717) is 0 Å². The first-order chi connectivity index (χ1) is 9.99. The third-order valence-electron chi connectivity index (χ3n) is 3.03. The number of rotatable bonds is 8. The van der Waals surface area contributed by atoms with Gasteiger partial charge in [0.05, 0.1) is 12.7 Å². The van der Waals surface area contributed by atoms with Crippen molar-refractivity contribution >= 4 is 41.7 Å². The van der Waals surface area contributed by atoms with Gasteiger partial charge in [0.2, 0.25) is 0 Å². The van der Waals surface area contributed by atoms with Gasteiger partial charge in [-0.05, 0) is 32.3 Å². The van der Waals surface area contributed by atoms with Crippen LogP contribution in [0.4, 0.5) is 0 Å². The van der Waals surface area contributed by atoms with E-state index in [2.05, 4.69) is 27.0 Å². The number of aromatic nitrogens is 2. The number of hydrogen-bond donors (Lipinski definition) is 3. The second-order valence-corrected chi connectivity index (χ2v) is 6.13. The summed E-state index contributed by atoms with van der Waals surface area (Å²) in [5, 5.41) is 21.1. The van der Waals surface area contributed by atoms with Crippen LogP contribution in [-0.2, 0) is 12.6 Å². The Kier molecular flexibility index (Phi) is 10.9. The van der Waals surface area contributed by atoms with Crippen LogP contribution in [0.1, 0.15) is 25.8 Å². The molecular formula is C14H28IN5OS. The highest BCUT2D eigenvalue weighted by molar-refractivity contribution is 14.0. The maximum absolute atomic E-state index is 10.5. The maximum Gasteiger partial charge on any atom is 0.191 e. The number of nitrogens with one attached hydrogen (secondary N) is 2. The largest absolute Gasteiger partial charge is 0.383 e. The molecule has 1 heterocycles. The highest BCUT2D eigenvalue weighted by Crippen LogP contribution is 2.19. The van der Waals surface area contributed by atoms with E-state index in [4.69, 9.17) is 0 Å². The second kappa shape index (κ2) is 11.1. The van der Waals surface area contributed by atoms with Crippen LogP contribution < -0.4 is 10.6 Å². The highest BCUT2D eigenvalue weighted by Gasteiger charge is 2.24. The van der Waals surface area contributed by atoms with E-state index < -0.39 is 5.60 Å². The lowest BCUT2D eigenvalue weighted by atomic mass is 10.0. The molecular weight excluding hydrogens is 413 g/mol. The molecule has 6 nitrogen and oxygen atoms in total. The van der Waals surface area contributed by atoms with E-state index >= 15 is 0 Å². The van der Waals surface area contributed by atoms with Crippen molar-refractivity contribution in [3.05, 3.63) is 18.0 Å². The number of nitrogens with zero attached hydrogens (tertiary/aromatic N) is 3. The Balaban J connectivity index is 0.00000441. The molecule has 1 unspecified atom stereocenters. The molecule has 1 aromatic rings. The van der Waals surface area contributed by atoms with Crippen molar-refractivity contribution in [2.45, 2.75) is 25.9 Å². The van der Waals surface area contributed by atoms with Gasteiger partial charge >= 0.3 is 0 Å². The lowest BCUT2D eigenvalue weighted by Crippen LogP contribution is -2.39. The molecule has 0 aliphatic carbocycles. The van der Waals surface area contributed by atoms with Gasteiger partial charge in [0.25, 0.3) is 0 Å². The molecule has 0 spiro atoms. The van der Waals surface area contributed by atoms with Crippen molar-refractivity contribution in [2.24, 2.45) is 12.0 Å². The minimum Gasteiger partial charge on any atom is -0.383 e. The van der Waals surface area contributed by atoms with Gasteiger partial charge in [0, 0.05) is 31.9 Å². The average Bonchev–Trinajstić information content (AvgIpc) is 2.88. The number of halogens is 1. The number of guanidine groups is 1. The molecule has 0 saturated heterocycles. The summed E-state index contributed by atoms with van der Waals surface area (Å²) in [6.07, 6.45) is 6.68. The van der Waals surface area contributed by atoms with Crippen molar-refractivity contribution in [1.29, 1.82) is 0 Å². The molecule has 3 N–H and O–H groups in total. The summed E-state index contributed by atoms with van der Waals surface area (Å²) in [5.41, 5.74) is -0.248. The van der Waals surface area contributed by atoms with Crippen LogP contribution >= 0.6 is 35.7 Å². The highest BCUT2D eigenvalue weighted by atomic mass is 127. The minimum atomic E-state index is -1.02. The quantitative estimate of drug-likeness (QED) is 0.247. The summed E-state index contributed by atoms with van der Waals surface area (Å²) in [4.78, 5) is 4.47. The van der Waals surface area contributed by atoms with Crippen molar-refractivity contribution in [2.75, 3.05) is 31.6 Å². The van der Waals surface area contributed by atoms with Crippen molar-refractivity contribution < 1.29 is 5.11 Å². The SMILES string of the molecule is CCNC(=NCC(C)(O)c1cnn(C)c1)NCCCSC.I. The van der Waals surface area contributed by atoms with Gasteiger partial charge in [-0.1, -0.05) is 0 Å². The van der Waals surface area contributed by atoms with E-state index in [1.807, 2.05) is 31.9 Å². The summed E-state index contributed by atoms with van der Waals surface area (Å²) in [6.45, 7) is 5.74. The monoisotopic (exact) mass is 441 g/mol. The Bertz CT molecular complexity index is 450. The predicted molar refractivity (Wildman–Crippen MR) is 105 cm³/mol. The van der Waals surface area contributed by atoms with Crippen LogP contribution in [0, 0.1) is 0 Å². The number of aliphatic imine (C=N–C) groups is 1. The molecule has 1 rings (SSSR count). The zero-order chi connectivity index (χ0) is 15.7. The van der Waals surface area contributed by atoms with E-state index in [-0.39, 0.29) is 30.5 Å². The summed E-state index contributed by atoms with van der Waals surface area (Å²) in [7, 11) is 1.83. The van der Waals surface area contributed by atoms with Crippen LogP contribution in [0.15, 0.2) is 17.4 Å². The molecule has 1 aromatic heterocycles. The fraction of sp³-hybridized carbons (Fsp3) is 0.714. The van der Waals surface area contributed by atoms with E-state index in [0.717, 1.165) is 36.8 Å². The van der Waals surface area contributed by atoms with Gasteiger partial charge in [0.1, 0.15) is 5.60 Å². The second-order valence-electron chi connectivity index (χ2n) is 5.14. The van der Waals surface area contributed by atoms with Crippen LogP contribution in [-0.4, -0.2) is 52.5 Å². The van der Waals surface area contributed by atoms with Crippen LogP contribution in [0.5, 0.6) is 0 Å². The summed E-state index contributed by atoms with van der Waals surface area (Å²) < 4.78 is 1.68. The van der Waals surface area contributed by atoms with E-state index in [1.54, 1.807) is 17.8 Å². The van der Waals surface area contributed by atoms with E-state index in [9.17, 15) is 5.11 Å². The Labute approximate surface area is 154 Å². The van der Waals surface area contributed by atoms with Gasteiger partial charge in [-0.2, -0.15) is 16.9 Å². The first-order valence-corrected chi connectivity index (χ1v) is 8.61. The zero-order valence-corrected chi connectivity index (χ0v) is 16.9. The topological polar surface area (TPSA) is 74.5 Å². The lowest BCUT2D eigenvalue weighted by Gasteiger charge is -2.20. The summed E-state index contributed by atoms with van der Waals surface area (Å²) in [5.74, 6) is 1.86. The Morgan fingerprint density at radius 2 is 2.23 bits per heavy atom. The third-order valence-corrected chi connectivity index (χ3v) is 3.73. The maximum atomic E-state index is 10.5. The van der Waals surface area contributed by atoms with Gasteiger partial charge < -0.3 is 15.7 Å². The smallest absolute Gasteiger partial charge is 0.191 e. The van der Waals surface area contributed by atoms with Crippen molar-refractivity contribution in [3.8, 4) is 0 Å². The number of thioether (sulfide) groups is 1. The van der Waals surface area contributed by atoms with Gasteiger partial charge in [0.15, 0.2) is 5.96 Å². The fourth-order valence-corrected chi connectivity index (χ4v) is 2.22. The van der Waals surface area contributed by atoms with Crippen molar-refractivity contribution in [1.82, 2.24) is 20.4 Å². The molecule has 0 radical (unpaired) electrons. The summed E-state index contributed by atoms with van der Waals surface area (Å²) in [6, 6.07) is 0. The zero-order valence-electron chi connectivity index (χ0n) is 13.8. The van der Waals surface area contributed by atoms with Crippen LogP contribution in [0.2, 0.25) is 0 Å². The first-order valence-electron chi connectivity index (χ1n) is 7.22. The molecule has 0 aliphatic heterocycles. The number of aryl methyl sites for hydroxylation is 1. The molecule has 1 atom stereocenters. The third kappa shape index (κ3) is 7.68. The average molecular weight is 441 g/mol. The standard InChI is InChI=1S/C14H27N5OS.HI/c1-5-15-13(16-7-6-8-21-4)17-11-14(2,20)12-9-18-19(3)10-12;/h9-10,20H,5-8,11H2,1-4H3,(H2,15,16,17);1H. The van der Waals surface area contributed by atoms with Crippen LogP contribution in [0.25, 0.3) is 0 Å². The molecule has 0 aliphatic rings. The molecule has 0 amide bonds. The Hall–Kier alpha value is -0.480. The fourth-order valence-electron chi connectivity index (χ4n) is 1.79. The summed E-state index contributed by atoms with van der Waals surface area (Å²) >= 11 is 1.83. The molecule has 128 valence electrons. The molecule has 0 fully saturated rings. The number of aliphatic hydroxyl groups is 1. The normalized spacial score (nSPS) is 14.1. The van der Waals surface area contributed by atoms with E-state index in [1.165, 1.54) is 0 Å². The van der Waals surface area contributed by atoms with Gasteiger partial charge in [-0.3, -0.25) is 4.68 Å². The molecule has 0 bridgehead atoms. The number of hydrogen-bond acceptors (Lipinski definition) is 4. The Morgan fingerprint density at radius 1 is 1.50 bits per heavy atom. The Morgan fingerprint density at radius 3 is 2.77 bits per heavy atom. The molecule has 8 heteroatoms. The van der Waals surface area contributed by atoms with Crippen LogP contribution in [0.3, 0.4) is 0 Å². The molecule has 0 aromatic carbocycles. The predicted octanol–water partition coefficient (Wildman–Crippen LogP) is 1.55. The van der Waals surface area contributed by atoms with Gasteiger partial charge in [-0.15, -0.1) is 24.0 Å². The minimum absolute atomic E-state index is 0. The van der Waals surface area contributed by atoms with Gasteiger partial charge in [-0.25, -0.2) is 4.99 Å². The first kappa shape index (κ1) is 21.5. The lowest BCUT2D eigenvalue weighted by molar-refractivity contribution is 0.0672.